The topological polar surface area (TPSA) is 20.2 Å². The molecule has 15 heavy (non-hydrogen) atoms. The van der Waals surface area contributed by atoms with Gasteiger partial charge in [-0.15, -0.1) is 0 Å². The van der Waals surface area contributed by atoms with E-state index in [1.165, 1.54) is 18.4 Å². The third-order valence-electron chi connectivity index (χ3n) is 2.60. The molecule has 1 rings (SSSR count). The quantitative estimate of drug-likeness (QED) is 0.706. The fourth-order valence-electron chi connectivity index (χ4n) is 1.71. The Morgan fingerprint density at radius 3 is 2.27 bits per heavy atom. The molecule has 0 saturated heterocycles. The molecule has 0 bridgehead atoms. The second kappa shape index (κ2) is 5.92. The molecule has 0 radical (unpaired) electrons. The maximum atomic E-state index is 9.53. The van der Waals surface area contributed by atoms with Gasteiger partial charge in [0.2, 0.25) is 0 Å². The van der Waals surface area contributed by atoms with Crippen molar-refractivity contribution in [2.45, 2.75) is 51.6 Å². The van der Waals surface area contributed by atoms with E-state index in [-0.39, 0.29) is 0 Å². The number of aliphatic hydroxyl groups is 1. The maximum Gasteiger partial charge on any atom is 0.0591 e. The summed E-state index contributed by atoms with van der Waals surface area (Å²) in [5.41, 5.74) is 0.924. The zero-order valence-electron chi connectivity index (χ0n) is 9.87. The van der Waals surface area contributed by atoms with Gasteiger partial charge in [-0.3, -0.25) is 0 Å². The zero-order chi connectivity index (χ0) is 11.1. The minimum absolute atomic E-state index is 0.493. The van der Waals surface area contributed by atoms with Crippen molar-refractivity contribution in [1.29, 1.82) is 0 Å². The van der Waals surface area contributed by atoms with Gasteiger partial charge in [0.05, 0.1) is 5.60 Å². The highest BCUT2D eigenvalue weighted by Gasteiger charge is 2.10. The molecule has 1 N–H and O–H groups in total. The largest absolute Gasteiger partial charge is 0.390 e. The summed E-state index contributed by atoms with van der Waals surface area (Å²) in [5.74, 6) is 0. The predicted molar refractivity (Wildman–Crippen MR) is 64.9 cm³/mol. The van der Waals surface area contributed by atoms with E-state index < -0.39 is 5.60 Å². The van der Waals surface area contributed by atoms with Crippen molar-refractivity contribution >= 4 is 0 Å². The number of hydrogen-bond acceptors (Lipinski definition) is 1. The highest BCUT2D eigenvalue weighted by Crippen LogP contribution is 2.14. The van der Waals surface area contributed by atoms with Crippen LogP contribution in [-0.2, 0) is 6.42 Å². The summed E-state index contributed by atoms with van der Waals surface area (Å²) in [7, 11) is 0. The van der Waals surface area contributed by atoms with Gasteiger partial charge in [0.15, 0.2) is 0 Å². The van der Waals surface area contributed by atoms with E-state index in [0.717, 1.165) is 19.3 Å². The highest BCUT2D eigenvalue weighted by molar-refractivity contribution is 5.14. The van der Waals surface area contributed by atoms with Crippen molar-refractivity contribution < 1.29 is 5.11 Å². The molecule has 0 atom stereocenters. The number of hydrogen-bond donors (Lipinski definition) is 1. The molecule has 1 nitrogen and oxygen atoms in total. The maximum absolute atomic E-state index is 9.53. The first kappa shape index (κ1) is 12.3. The van der Waals surface area contributed by atoms with Gasteiger partial charge in [-0.2, -0.15) is 0 Å². The summed E-state index contributed by atoms with van der Waals surface area (Å²) in [4.78, 5) is 0. The summed E-state index contributed by atoms with van der Waals surface area (Å²) in [6, 6.07) is 10.6. The highest BCUT2D eigenvalue weighted by atomic mass is 16.3. The van der Waals surface area contributed by atoms with Gasteiger partial charge >= 0.3 is 0 Å². The Morgan fingerprint density at radius 2 is 1.67 bits per heavy atom. The fourth-order valence-corrected chi connectivity index (χ4v) is 1.71. The van der Waals surface area contributed by atoms with Gasteiger partial charge in [0, 0.05) is 0 Å². The Balaban J connectivity index is 2.08. The molecule has 0 aromatic heterocycles. The van der Waals surface area contributed by atoms with Gasteiger partial charge in [0.25, 0.3) is 0 Å². The molecule has 0 saturated carbocycles. The molecule has 84 valence electrons. The number of benzene rings is 1. The minimum Gasteiger partial charge on any atom is -0.390 e. The van der Waals surface area contributed by atoms with Crippen LogP contribution in [0.2, 0.25) is 0 Å². The third kappa shape index (κ3) is 6.29. The molecule has 0 aliphatic carbocycles. The SMILES string of the molecule is CC(C)(O)CCCCCc1ccccc1. The average molecular weight is 206 g/mol. The van der Waals surface area contributed by atoms with E-state index in [1.54, 1.807) is 0 Å². The Bertz CT molecular complexity index is 258. The molecule has 0 unspecified atom stereocenters. The lowest BCUT2D eigenvalue weighted by atomic mass is 9.99. The Hall–Kier alpha value is -0.820. The molecule has 0 amide bonds. The van der Waals surface area contributed by atoms with E-state index >= 15 is 0 Å². The molecule has 0 aliphatic heterocycles. The van der Waals surface area contributed by atoms with Crippen LogP contribution < -0.4 is 0 Å². The van der Waals surface area contributed by atoms with Crippen LogP contribution in [0.4, 0.5) is 0 Å². The van der Waals surface area contributed by atoms with Crippen LogP contribution in [0.5, 0.6) is 0 Å². The average Bonchev–Trinajstić information content (AvgIpc) is 2.17. The minimum atomic E-state index is -0.493. The smallest absolute Gasteiger partial charge is 0.0591 e. The summed E-state index contributed by atoms with van der Waals surface area (Å²) >= 11 is 0. The van der Waals surface area contributed by atoms with E-state index in [9.17, 15) is 5.11 Å². The van der Waals surface area contributed by atoms with E-state index in [0.29, 0.717) is 0 Å². The molecule has 1 aromatic carbocycles. The predicted octanol–water partition coefficient (Wildman–Crippen LogP) is 3.56. The summed E-state index contributed by atoms with van der Waals surface area (Å²) in [5, 5.41) is 9.53. The lowest BCUT2D eigenvalue weighted by Crippen LogP contribution is -2.17. The van der Waals surface area contributed by atoms with Crippen LogP contribution in [0.15, 0.2) is 30.3 Å². The second-order valence-corrected chi connectivity index (χ2v) is 4.86. The lowest BCUT2D eigenvalue weighted by molar-refractivity contribution is 0.0681. The van der Waals surface area contributed by atoms with Crippen molar-refractivity contribution in [3.8, 4) is 0 Å². The Kier molecular flexibility index (Phi) is 4.83. The molecular formula is C14H22O. The standard InChI is InChI=1S/C14H22O/c1-14(2,15)12-8-4-7-11-13-9-5-3-6-10-13/h3,5-6,9-10,15H,4,7-8,11-12H2,1-2H3. The van der Waals surface area contributed by atoms with Gasteiger partial charge in [-0.25, -0.2) is 0 Å². The normalized spacial score (nSPS) is 11.7. The molecule has 0 heterocycles. The molecule has 0 aliphatic rings. The van der Waals surface area contributed by atoms with Crippen molar-refractivity contribution in [3.63, 3.8) is 0 Å². The zero-order valence-corrected chi connectivity index (χ0v) is 9.87. The van der Waals surface area contributed by atoms with Crippen LogP contribution in [0.25, 0.3) is 0 Å². The monoisotopic (exact) mass is 206 g/mol. The van der Waals surface area contributed by atoms with Crippen molar-refractivity contribution in [2.24, 2.45) is 0 Å². The summed E-state index contributed by atoms with van der Waals surface area (Å²) < 4.78 is 0. The van der Waals surface area contributed by atoms with Gasteiger partial charge < -0.3 is 5.11 Å². The van der Waals surface area contributed by atoms with Crippen molar-refractivity contribution in [3.05, 3.63) is 35.9 Å². The Morgan fingerprint density at radius 1 is 1.00 bits per heavy atom. The molecule has 1 heteroatoms. The lowest BCUT2D eigenvalue weighted by Gasteiger charge is -2.16. The fraction of sp³-hybridized carbons (Fsp3) is 0.571. The number of unbranched alkanes of at least 4 members (excludes halogenated alkanes) is 2. The summed E-state index contributed by atoms with van der Waals surface area (Å²) in [6.45, 7) is 3.76. The molecule has 0 fully saturated rings. The second-order valence-electron chi connectivity index (χ2n) is 4.86. The first-order chi connectivity index (χ1) is 7.08. The van der Waals surface area contributed by atoms with Gasteiger partial charge in [0.1, 0.15) is 0 Å². The van der Waals surface area contributed by atoms with Gasteiger partial charge in [-0.1, -0.05) is 43.2 Å². The molecular weight excluding hydrogens is 184 g/mol. The molecule has 1 aromatic rings. The van der Waals surface area contributed by atoms with E-state index in [2.05, 4.69) is 30.3 Å². The van der Waals surface area contributed by atoms with Crippen LogP contribution >= 0.6 is 0 Å². The summed E-state index contributed by atoms with van der Waals surface area (Å²) in [6.07, 6.45) is 5.61. The van der Waals surface area contributed by atoms with Crippen LogP contribution in [0.1, 0.15) is 45.1 Å². The molecule has 0 spiro atoms. The van der Waals surface area contributed by atoms with Crippen LogP contribution in [0.3, 0.4) is 0 Å². The van der Waals surface area contributed by atoms with E-state index in [1.807, 2.05) is 13.8 Å². The number of aryl methyl sites for hydroxylation is 1. The van der Waals surface area contributed by atoms with E-state index in [4.69, 9.17) is 0 Å². The number of rotatable bonds is 6. The van der Waals surface area contributed by atoms with Crippen LogP contribution in [-0.4, -0.2) is 10.7 Å². The third-order valence-corrected chi connectivity index (χ3v) is 2.60. The van der Waals surface area contributed by atoms with Gasteiger partial charge in [-0.05, 0) is 38.7 Å². The Labute approximate surface area is 93.1 Å². The van der Waals surface area contributed by atoms with Crippen LogP contribution in [0, 0.1) is 0 Å². The first-order valence-corrected chi connectivity index (χ1v) is 5.84. The van der Waals surface area contributed by atoms with Crippen molar-refractivity contribution in [2.75, 3.05) is 0 Å². The van der Waals surface area contributed by atoms with Crippen molar-refractivity contribution in [1.82, 2.24) is 0 Å². The first-order valence-electron chi connectivity index (χ1n) is 5.84.